The largest absolute Gasteiger partial charge is 0.326 e. The van der Waals surface area contributed by atoms with Gasteiger partial charge in [0.15, 0.2) is 0 Å². The molecule has 6 nitrogen and oxygen atoms in total. The van der Waals surface area contributed by atoms with Crippen LogP contribution in [0.15, 0.2) is 18.2 Å². The van der Waals surface area contributed by atoms with Crippen LogP contribution in [0.4, 0.5) is 17.1 Å². The first-order valence-electron chi connectivity index (χ1n) is 17.5. The van der Waals surface area contributed by atoms with Crippen molar-refractivity contribution in [2.24, 2.45) is 35.5 Å². The SMILES string of the molecule is CCC[C@H]1CC[C@H](C(=O)Nc2cc(NC(=O)[C@H]3CC[C@H](CCC)CC3)cc(NC(=O)[C@H]3CC[C@H](CCC)CC3)c2)CC1. The molecular formula is C36H57N3O3. The molecule has 0 radical (unpaired) electrons. The highest BCUT2D eigenvalue weighted by atomic mass is 16.2. The van der Waals surface area contributed by atoms with Gasteiger partial charge in [0.25, 0.3) is 0 Å². The minimum absolute atomic E-state index is 0.0194. The smallest absolute Gasteiger partial charge is 0.227 e. The summed E-state index contributed by atoms with van der Waals surface area (Å²) < 4.78 is 0. The second-order valence-electron chi connectivity index (χ2n) is 13.8. The Kier molecular flexibility index (Phi) is 12.8. The van der Waals surface area contributed by atoms with Crippen LogP contribution in [-0.2, 0) is 14.4 Å². The van der Waals surface area contributed by atoms with Gasteiger partial charge in [0, 0.05) is 34.8 Å². The van der Waals surface area contributed by atoms with Crippen LogP contribution in [0.1, 0.15) is 136 Å². The van der Waals surface area contributed by atoms with E-state index in [0.29, 0.717) is 17.1 Å². The topological polar surface area (TPSA) is 87.3 Å². The second kappa shape index (κ2) is 16.5. The summed E-state index contributed by atoms with van der Waals surface area (Å²) in [6.45, 7) is 6.70. The summed E-state index contributed by atoms with van der Waals surface area (Å²) in [5.41, 5.74) is 1.92. The highest BCUT2D eigenvalue weighted by Gasteiger charge is 2.29. The van der Waals surface area contributed by atoms with E-state index in [4.69, 9.17) is 0 Å². The Morgan fingerprint density at radius 3 is 0.929 bits per heavy atom. The molecule has 0 heterocycles. The maximum Gasteiger partial charge on any atom is 0.227 e. The lowest BCUT2D eigenvalue weighted by molar-refractivity contribution is -0.121. The summed E-state index contributed by atoms with van der Waals surface area (Å²) in [6, 6.07) is 5.56. The highest BCUT2D eigenvalue weighted by Crippen LogP contribution is 2.36. The van der Waals surface area contributed by atoms with Gasteiger partial charge in [-0.25, -0.2) is 0 Å². The van der Waals surface area contributed by atoms with Gasteiger partial charge in [-0.15, -0.1) is 0 Å². The molecule has 0 spiro atoms. The Morgan fingerprint density at radius 1 is 0.476 bits per heavy atom. The monoisotopic (exact) mass is 579 g/mol. The van der Waals surface area contributed by atoms with Crippen molar-refractivity contribution >= 4 is 34.8 Å². The van der Waals surface area contributed by atoms with Crippen LogP contribution in [0.3, 0.4) is 0 Å². The fourth-order valence-electron chi connectivity index (χ4n) is 7.94. The molecule has 3 aliphatic carbocycles. The average molecular weight is 580 g/mol. The molecule has 1 aromatic carbocycles. The van der Waals surface area contributed by atoms with Gasteiger partial charge in [0.2, 0.25) is 17.7 Å². The van der Waals surface area contributed by atoms with E-state index in [2.05, 4.69) is 36.7 Å². The van der Waals surface area contributed by atoms with Crippen LogP contribution in [0, 0.1) is 35.5 Å². The predicted octanol–water partition coefficient (Wildman–Crippen LogP) is 9.32. The zero-order valence-electron chi connectivity index (χ0n) is 26.6. The van der Waals surface area contributed by atoms with Crippen molar-refractivity contribution in [1.29, 1.82) is 0 Å². The molecular weight excluding hydrogens is 522 g/mol. The normalized spacial score (nSPS) is 28.1. The van der Waals surface area contributed by atoms with Crippen LogP contribution >= 0.6 is 0 Å². The van der Waals surface area contributed by atoms with Crippen molar-refractivity contribution in [1.82, 2.24) is 0 Å². The van der Waals surface area contributed by atoms with E-state index < -0.39 is 0 Å². The highest BCUT2D eigenvalue weighted by molar-refractivity contribution is 5.99. The molecule has 0 aliphatic heterocycles. The van der Waals surface area contributed by atoms with Gasteiger partial charge >= 0.3 is 0 Å². The van der Waals surface area contributed by atoms with Crippen molar-refractivity contribution in [2.45, 2.75) is 136 Å². The summed E-state index contributed by atoms with van der Waals surface area (Å²) in [4.78, 5) is 39.8. The molecule has 3 saturated carbocycles. The number of rotatable bonds is 12. The van der Waals surface area contributed by atoms with E-state index >= 15 is 0 Å². The Hall–Kier alpha value is -2.37. The summed E-state index contributed by atoms with van der Waals surface area (Å²) >= 11 is 0. The zero-order valence-corrected chi connectivity index (χ0v) is 26.6. The van der Waals surface area contributed by atoms with Gasteiger partial charge in [-0.2, -0.15) is 0 Å². The molecule has 3 aliphatic rings. The number of hydrogen-bond acceptors (Lipinski definition) is 3. The van der Waals surface area contributed by atoms with Gasteiger partial charge < -0.3 is 16.0 Å². The molecule has 6 heteroatoms. The standard InChI is InChI=1S/C36H57N3O3/c1-4-7-25-10-16-28(17-11-25)34(40)37-31-22-32(38-35(41)29-18-12-26(8-5-2)13-19-29)24-33(23-31)39-36(42)30-20-14-27(9-6-3)15-21-30/h22-30H,4-21H2,1-3H3,(H,37,40)(H,38,41)(H,39,42)/t25-,26-,27-,28-,29-,30-. The van der Waals surface area contributed by atoms with E-state index in [1.54, 1.807) is 0 Å². The summed E-state index contributed by atoms with van der Waals surface area (Å²) in [5, 5.41) is 9.43. The van der Waals surface area contributed by atoms with Crippen molar-refractivity contribution in [3.8, 4) is 0 Å². The van der Waals surface area contributed by atoms with Crippen molar-refractivity contribution in [3.05, 3.63) is 18.2 Å². The van der Waals surface area contributed by atoms with Crippen LogP contribution in [0.2, 0.25) is 0 Å². The molecule has 0 saturated heterocycles. The molecule has 3 fully saturated rings. The number of carbonyl (C=O) groups excluding carboxylic acids is 3. The lowest BCUT2D eigenvalue weighted by Gasteiger charge is -2.28. The molecule has 42 heavy (non-hydrogen) atoms. The first kappa shape index (κ1) is 32.5. The van der Waals surface area contributed by atoms with Crippen LogP contribution < -0.4 is 16.0 Å². The molecule has 0 unspecified atom stereocenters. The lowest BCUT2D eigenvalue weighted by atomic mass is 9.79. The molecule has 1 aromatic rings. The third-order valence-corrected chi connectivity index (χ3v) is 10.5. The summed E-state index contributed by atoms with van der Waals surface area (Å²) in [6.07, 6.45) is 19.6. The summed E-state index contributed by atoms with van der Waals surface area (Å²) in [5.74, 6) is 2.44. The van der Waals surface area contributed by atoms with E-state index in [-0.39, 0.29) is 35.5 Å². The summed E-state index contributed by atoms with van der Waals surface area (Å²) in [7, 11) is 0. The van der Waals surface area contributed by atoms with Gasteiger partial charge in [-0.1, -0.05) is 59.3 Å². The maximum absolute atomic E-state index is 13.3. The molecule has 3 amide bonds. The second-order valence-corrected chi connectivity index (χ2v) is 13.8. The number of carbonyl (C=O) groups is 3. The van der Waals surface area contributed by atoms with Crippen molar-refractivity contribution in [2.75, 3.05) is 16.0 Å². The number of nitrogens with one attached hydrogen (secondary N) is 3. The molecule has 0 aromatic heterocycles. The number of anilines is 3. The van der Waals surface area contributed by atoms with Gasteiger partial charge in [-0.05, 0) is 113 Å². The first-order valence-corrected chi connectivity index (χ1v) is 17.5. The van der Waals surface area contributed by atoms with E-state index in [9.17, 15) is 14.4 Å². The van der Waals surface area contributed by atoms with Crippen LogP contribution in [-0.4, -0.2) is 17.7 Å². The van der Waals surface area contributed by atoms with Crippen molar-refractivity contribution in [3.63, 3.8) is 0 Å². The van der Waals surface area contributed by atoms with Gasteiger partial charge in [0.1, 0.15) is 0 Å². The fraction of sp³-hybridized carbons (Fsp3) is 0.750. The number of hydrogen-bond donors (Lipinski definition) is 3. The van der Waals surface area contributed by atoms with Crippen molar-refractivity contribution < 1.29 is 14.4 Å². The molecule has 4 rings (SSSR count). The van der Waals surface area contributed by atoms with E-state index in [1.165, 1.54) is 38.5 Å². The molecule has 0 atom stereocenters. The van der Waals surface area contributed by atoms with E-state index in [1.807, 2.05) is 18.2 Å². The Labute approximate surface area is 254 Å². The predicted molar refractivity (Wildman–Crippen MR) is 173 cm³/mol. The van der Waals surface area contributed by atoms with E-state index in [0.717, 1.165) is 94.8 Å². The minimum atomic E-state index is 0.0194. The molecule has 234 valence electrons. The maximum atomic E-state index is 13.3. The van der Waals surface area contributed by atoms with Gasteiger partial charge in [0.05, 0.1) is 0 Å². The lowest BCUT2D eigenvalue weighted by Crippen LogP contribution is -2.29. The zero-order chi connectivity index (χ0) is 29.9. The number of benzene rings is 1. The Bertz CT molecular complexity index is 875. The van der Waals surface area contributed by atoms with Crippen LogP contribution in [0.5, 0.6) is 0 Å². The third kappa shape index (κ3) is 9.57. The Balaban J connectivity index is 1.42. The van der Waals surface area contributed by atoms with Crippen LogP contribution in [0.25, 0.3) is 0 Å². The first-order chi connectivity index (χ1) is 20.4. The Morgan fingerprint density at radius 2 is 0.714 bits per heavy atom. The molecule has 0 bridgehead atoms. The number of amides is 3. The minimum Gasteiger partial charge on any atom is -0.326 e. The third-order valence-electron chi connectivity index (χ3n) is 10.5. The fourth-order valence-corrected chi connectivity index (χ4v) is 7.94. The quantitative estimate of drug-likeness (QED) is 0.231. The average Bonchev–Trinajstić information content (AvgIpc) is 2.98. The molecule has 3 N–H and O–H groups in total. The van der Waals surface area contributed by atoms with Gasteiger partial charge in [-0.3, -0.25) is 14.4 Å².